The molecular formula is C15H12BrClN4OS. The third kappa shape index (κ3) is 3.46. The number of anilines is 1. The Balaban J connectivity index is 1.83. The van der Waals surface area contributed by atoms with Gasteiger partial charge in [0.05, 0.1) is 16.9 Å². The van der Waals surface area contributed by atoms with Gasteiger partial charge in [0, 0.05) is 28.7 Å². The smallest absolute Gasteiger partial charge is 0.275 e. The average Bonchev–Trinajstić information content (AvgIpc) is 3.11. The first-order valence-corrected chi connectivity index (χ1v) is 8.70. The van der Waals surface area contributed by atoms with Crippen LogP contribution < -0.4 is 5.32 Å². The molecule has 3 rings (SSSR count). The molecule has 8 heteroatoms. The van der Waals surface area contributed by atoms with Gasteiger partial charge in [0.15, 0.2) is 0 Å². The van der Waals surface area contributed by atoms with Crippen LogP contribution in [0.3, 0.4) is 0 Å². The van der Waals surface area contributed by atoms with Crippen molar-refractivity contribution in [3.63, 3.8) is 0 Å². The molecule has 118 valence electrons. The van der Waals surface area contributed by atoms with E-state index in [9.17, 15) is 4.79 Å². The molecule has 23 heavy (non-hydrogen) atoms. The molecule has 0 aliphatic carbocycles. The largest absolute Gasteiger partial charge is 0.319 e. The van der Waals surface area contributed by atoms with Crippen LogP contribution in [0.5, 0.6) is 0 Å². The maximum absolute atomic E-state index is 12.4. The van der Waals surface area contributed by atoms with Crippen LogP contribution in [0, 0.1) is 6.92 Å². The summed E-state index contributed by atoms with van der Waals surface area (Å²) >= 11 is 11.0. The zero-order chi connectivity index (χ0) is 16.6. The molecule has 0 aliphatic rings. The van der Waals surface area contributed by atoms with Gasteiger partial charge in [-0.3, -0.25) is 9.48 Å². The molecule has 1 amide bonds. The molecule has 0 spiro atoms. The van der Waals surface area contributed by atoms with Gasteiger partial charge in [-0.05, 0) is 24.6 Å². The molecule has 1 aromatic carbocycles. The maximum Gasteiger partial charge on any atom is 0.275 e. The van der Waals surface area contributed by atoms with Gasteiger partial charge in [-0.1, -0.05) is 27.5 Å². The molecule has 0 saturated carbocycles. The number of aryl methyl sites for hydroxylation is 2. The highest BCUT2D eigenvalue weighted by Gasteiger charge is 2.15. The lowest BCUT2D eigenvalue weighted by molar-refractivity contribution is 0.102. The van der Waals surface area contributed by atoms with Gasteiger partial charge in [-0.2, -0.15) is 5.10 Å². The fourth-order valence-electron chi connectivity index (χ4n) is 2.08. The van der Waals surface area contributed by atoms with Crippen LogP contribution in [-0.2, 0) is 7.05 Å². The summed E-state index contributed by atoms with van der Waals surface area (Å²) in [5, 5.41) is 9.88. The number of carbonyl (C=O) groups excluding carboxylic acids is 1. The van der Waals surface area contributed by atoms with E-state index >= 15 is 0 Å². The van der Waals surface area contributed by atoms with E-state index in [-0.39, 0.29) is 5.91 Å². The quantitative estimate of drug-likeness (QED) is 0.689. The molecule has 2 aromatic heterocycles. The lowest BCUT2D eigenvalue weighted by atomic mass is 10.2. The predicted molar refractivity (Wildman–Crippen MR) is 96.2 cm³/mol. The van der Waals surface area contributed by atoms with Gasteiger partial charge in [0.2, 0.25) is 0 Å². The SMILES string of the molecule is Cc1cc(Br)cc(Cl)c1NC(=O)c1csc(-c2cnn(C)c2)n1. The molecule has 0 saturated heterocycles. The Morgan fingerprint density at radius 3 is 2.87 bits per heavy atom. The van der Waals surface area contributed by atoms with Crippen molar-refractivity contribution < 1.29 is 4.79 Å². The summed E-state index contributed by atoms with van der Waals surface area (Å²) in [6.07, 6.45) is 3.58. The fourth-order valence-corrected chi connectivity index (χ4v) is 3.87. The van der Waals surface area contributed by atoms with Crippen LogP contribution in [0.2, 0.25) is 5.02 Å². The summed E-state index contributed by atoms with van der Waals surface area (Å²) in [6.45, 7) is 1.88. The Hall–Kier alpha value is -1.70. The number of nitrogens with one attached hydrogen (secondary N) is 1. The first-order chi connectivity index (χ1) is 10.9. The predicted octanol–water partition coefficient (Wildman–Crippen LogP) is 4.52. The highest BCUT2D eigenvalue weighted by Crippen LogP contribution is 2.30. The van der Waals surface area contributed by atoms with Crippen LogP contribution in [0.25, 0.3) is 10.6 Å². The van der Waals surface area contributed by atoms with E-state index in [2.05, 4.69) is 31.3 Å². The van der Waals surface area contributed by atoms with Crippen LogP contribution in [-0.4, -0.2) is 20.7 Å². The number of hydrogen-bond acceptors (Lipinski definition) is 4. The van der Waals surface area contributed by atoms with Crippen molar-refractivity contribution in [3.05, 3.63) is 50.7 Å². The van der Waals surface area contributed by atoms with Crippen molar-refractivity contribution in [2.45, 2.75) is 6.92 Å². The third-order valence-electron chi connectivity index (χ3n) is 3.18. The number of halogens is 2. The number of nitrogens with zero attached hydrogens (tertiary/aromatic N) is 3. The van der Waals surface area contributed by atoms with Crippen molar-refractivity contribution in [2.24, 2.45) is 7.05 Å². The zero-order valence-corrected chi connectivity index (χ0v) is 15.5. The van der Waals surface area contributed by atoms with Crippen molar-refractivity contribution in [1.29, 1.82) is 0 Å². The Bertz CT molecular complexity index is 866. The molecule has 0 bridgehead atoms. The summed E-state index contributed by atoms with van der Waals surface area (Å²) in [5.74, 6) is -0.288. The molecule has 0 aliphatic heterocycles. The molecule has 0 unspecified atom stereocenters. The number of benzene rings is 1. The van der Waals surface area contributed by atoms with Gasteiger partial charge in [-0.25, -0.2) is 4.98 Å². The number of aromatic nitrogens is 3. The lowest BCUT2D eigenvalue weighted by Gasteiger charge is -2.10. The van der Waals surface area contributed by atoms with Crippen molar-refractivity contribution in [1.82, 2.24) is 14.8 Å². The monoisotopic (exact) mass is 410 g/mol. The minimum atomic E-state index is -0.288. The van der Waals surface area contributed by atoms with E-state index in [0.29, 0.717) is 16.4 Å². The van der Waals surface area contributed by atoms with Crippen molar-refractivity contribution >= 4 is 50.5 Å². The second-order valence-corrected chi connectivity index (χ2v) is 7.16. The van der Waals surface area contributed by atoms with E-state index in [0.717, 1.165) is 20.6 Å². The minimum Gasteiger partial charge on any atom is -0.319 e. The van der Waals surface area contributed by atoms with Gasteiger partial charge in [-0.15, -0.1) is 11.3 Å². The topological polar surface area (TPSA) is 59.8 Å². The molecular weight excluding hydrogens is 400 g/mol. The highest BCUT2D eigenvalue weighted by atomic mass is 79.9. The Morgan fingerprint density at radius 1 is 1.43 bits per heavy atom. The Labute approximate surface area is 150 Å². The van der Waals surface area contributed by atoms with Gasteiger partial charge in [0.25, 0.3) is 5.91 Å². The van der Waals surface area contributed by atoms with Gasteiger partial charge in [0.1, 0.15) is 10.7 Å². The molecule has 0 radical (unpaired) electrons. The number of carbonyl (C=O) groups is 1. The number of hydrogen-bond donors (Lipinski definition) is 1. The average molecular weight is 412 g/mol. The first-order valence-electron chi connectivity index (χ1n) is 6.65. The number of amides is 1. The fraction of sp³-hybridized carbons (Fsp3) is 0.133. The lowest BCUT2D eigenvalue weighted by Crippen LogP contribution is -2.13. The Morgan fingerprint density at radius 2 is 2.22 bits per heavy atom. The highest BCUT2D eigenvalue weighted by molar-refractivity contribution is 9.10. The molecule has 0 fully saturated rings. The Kier molecular flexibility index (Phi) is 4.52. The summed E-state index contributed by atoms with van der Waals surface area (Å²) in [7, 11) is 1.84. The maximum atomic E-state index is 12.4. The van der Waals surface area contributed by atoms with E-state index < -0.39 is 0 Å². The van der Waals surface area contributed by atoms with E-state index in [1.54, 1.807) is 22.3 Å². The van der Waals surface area contributed by atoms with Crippen LogP contribution in [0.1, 0.15) is 16.1 Å². The third-order valence-corrected chi connectivity index (χ3v) is 4.83. The molecule has 2 heterocycles. The molecule has 1 N–H and O–H groups in total. The molecule has 5 nitrogen and oxygen atoms in total. The standard InChI is InChI=1S/C15H12BrClN4OS/c1-8-3-10(16)4-11(17)13(8)20-14(22)12-7-23-15(19-12)9-5-18-21(2)6-9/h3-7H,1-2H3,(H,20,22). The minimum absolute atomic E-state index is 0.288. The van der Waals surface area contributed by atoms with E-state index in [4.69, 9.17) is 11.6 Å². The zero-order valence-electron chi connectivity index (χ0n) is 12.3. The summed E-state index contributed by atoms with van der Waals surface area (Å²) in [6, 6.07) is 3.63. The van der Waals surface area contributed by atoms with Crippen LogP contribution in [0.15, 0.2) is 34.4 Å². The summed E-state index contributed by atoms with van der Waals surface area (Å²) in [5.41, 5.74) is 2.71. The second kappa shape index (κ2) is 6.43. The number of rotatable bonds is 3. The second-order valence-electron chi connectivity index (χ2n) is 4.97. The normalized spacial score (nSPS) is 10.8. The summed E-state index contributed by atoms with van der Waals surface area (Å²) in [4.78, 5) is 16.8. The van der Waals surface area contributed by atoms with E-state index in [1.807, 2.05) is 26.2 Å². The first kappa shape index (κ1) is 16.2. The van der Waals surface area contributed by atoms with Crippen LogP contribution >= 0.6 is 38.9 Å². The van der Waals surface area contributed by atoms with Crippen molar-refractivity contribution in [2.75, 3.05) is 5.32 Å². The summed E-state index contributed by atoms with van der Waals surface area (Å²) < 4.78 is 2.56. The van der Waals surface area contributed by atoms with E-state index in [1.165, 1.54) is 11.3 Å². The van der Waals surface area contributed by atoms with Crippen LogP contribution in [0.4, 0.5) is 5.69 Å². The molecule has 3 aromatic rings. The molecule has 0 atom stereocenters. The van der Waals surface area contributed by atoms with Crippen molar-refractivity contribution in [3.8, 4) is 10.6 Å². The van der Waals surface area contributed by atoms with Gasteiger partial charge < -0.3 is 5.32 Å². The van der Waals surface area contributed by atoms with Gasteiger partial charge >= 0.3 is 0 Å². The number of thiazole rings is 1.